The van der Waals surface area contributed by atoms with Crippen molar-refractivity contribution in [3.05, 3.63) is 18.5 Å². The maximum Gasteiger partial charge on any atom is 0.159 e. The minimum atomic E-state index is -0.195. The zero-order valence-corrected chi connectivity index (χ0v) is 6.96. The van der Waals surface area contributed by atoms with Crippen LogP contribution in [0, 0.1) is 6.20 Å². The van der Waals surface area contributed by atoms with Gasteiger partial charge in [0.2, 0.25) is 0 Å². The van der Waals surface area contributed by atoms with Crippen LogP contribution in [0.5, 0.6) is 5.75 Å². The lowest BCUT2D eigenvalue weighted by atomic mass is 10.2. The van der Waals surface area contributed by atoms with Gasteiger partial charge < -0.3 is 4.74 Å². The highest BCUT2D eigenvalue weighted by molar-refractivity contribution is 5.12. The molecule has 0 N–H and O–H groups in total. The van der Waals surface area contributed by atoms with Crippen LogP contribution in [0.15, 0.2) is 12.3 Å². The molecule has 11 heavy (non-hydrogen) atoms. The van der Waals surface area contributed by atoms with E-state index in [4.69, 9.17) is 4.74 Å². The summed E-state index contributed by atoms with van der Waals surface area (Å²) in [7, 11) is 0. The predicted octanol–water partition coefficient (Wildman–Crippen LogP) is 1.45. The molecule has 1 heterocycles. The molecular weight excluding hydrogens is 140 g/mol. The number of hydrogen-bond donors (Lipinski definition) is 0. The summed E-state index contributed by atoms with van der Waals surface area (Å²) in [6, 6.07) is 1.73. The average molecular weight is 151 g/mol. The lowest BCUT2D eigenvalue weighted by Gasteiger charge is -2.19. The van der Waals surface area contributed by atoms with Gasteiger partial charge in [-0.1, -0.05) is 0 Å². The molecule has 0 aliphatic heterocycles. The van der Waals surface area contributed by atoms with Gasteiger partial charge in [-0.05, 0) is 20.8 Å². The summed E-state index contributed by atoms with van der Waals surface area (Å²) in [6.07, 6.45) is 4.22. The monoisotopic (exact) mass is 151 g/mol. The summed E-state index contributed by atoms with van der Waals surface area (Å²) in [6.45, 7) is 5.92. The molecule has 0 saturated heterocycles. The van der Waals surface area contributed by atoms with E-state index in [0.717, 1.165) is 0 Å². The lowest BCUT2D eigenvalue weighted by molar-refractivity contribution is 0.129. The first-order valence-corrected chi connectivity index (χ1v) is 3.46. The molecule has 1 rings (SSSR count). The Morgan fingerprint density at radius 1 is 1.45 bits per heavy atom. The fourth-order valence-corrected chi connectivity index (χ4v) is 0.636. The molecule has 0 aliphatic rings. The second-order valence-corrected chi connectivity index (χ2v) is 3.22. The summed E-state index contributed by atoms with van der Waals surface area (Å²) in [5, 5.41) is 7.16. The van der Waals surface area contributed by atoms with Crippen molar-refractivity contribution in [2.75, 3.05) is 0 Å². The molecule has 1 radical (unpaired) electrons. The number of rotatable bonds is 1. The van der Waals surface area contributed by atoms with E-state index in [-0.39, 0.29) is 5.60 Å². The van der Waals surface area contributed by atoms with Gasteiger partial charge in [0, 0.05) is 6.07 Å². The molecule has 59 valence electrons. The Hall–Kier alpha value is -1.12. The lowest BCUT2D eigenvalue weighted by Crippen LogP contribution is -2.23. The van der Waals surface area contributed by atoms with Crippen LogP contribution in [0.1, 0.15) is 20.8 Å². The molecule has 0 unspecified atom stereocenters. The normalized spacial score (nSPS) is 11.2. The van der Waals surface area contributed by atoms with Gasteiger partial charge in [-0.25, -0.2) is 0 Å². The first-order valence-electron chi connectivity index (χ1n) is 3.46. The Morgan fingerprint density at radius 3 is 2.64 bits per heavy atom. The van der Waals surface area contributed by atoms with E-state index in [2.05, 4.69) is 16.4 Å². The number of aromatic nitrogens is 2. The van der Waals surface area contributed by atoms with Crippen molar-refractivity contribution in [1.82, 2.24) is 10.2 Å². The van der Waals surface area contributed by atoms with Crippen LogP contribution < -0.4 is 4.74 Å². The van der Waals surface area contributed by atoms with Gasteiger partial charge in [0.25, 0.3) is 0 Å². The fourth-order valence-electron chi connectivity index (χ4n) is 0.636. The molecular formula is C8H11N2O. The van der Waals surface area contributed by atoms with E-state index in [1.807, 2.05) is 20.8 Å². The maximum absolute atomic E-state index is 5.44. The molecule has 1 aromatic rings. The molecule has 0 aromatic carbocycles. The van der Waals surface area contributed by atoms with Gasteiger partial charge in [0.05, 0.1) is 6.20 Å². The molecule has 3 nitrogen and oxygen atoms in total. The van der Waals surface area contributed by atoms with E-state index >= 15 is 0 Å². The van der Waals surface area contributed by atoms with Gasteiger partial charge in [0.1, 0.15) is 5.60 Å². The smallest absolute Gasteiger partial charge is 0.159 e. The highest BCUT2D eigenvalue weighted by Crippen LogP contribution is 2.13. The van der Waals surface area contributed by atoms with Crippen molar-refractivity contribution in [1.29, 1.82) is 0 Å². The number of hydrogen-bond acceptors (Lipinski definition) is 3. The zero-order chi connectivity index (χ0) is 8.32. The maximum atomic E-state index is 5.44. The zero-order valence-electron chi connectivity index (χ0n) is 6.96. The van der Waals surface area contributed by atoms with E-state index in [1.165, 1.54) is 0 Å². The molecule has 0 atom stereocenters. The Labute approximate surface area is 66.4 Å². The SMILES string of the molecule is CC(C)(C)Oc1[c]nncc1. The van der Waals surface area contributed by atoms with E-state index in [0.29, 0.717) is 5.75 Å². The van der Waals surface area contributed by atoms with Crippen molar-refractivity contribution in [2.24, 2.45) is 0 Å². The summed E-state index contributed by atoms with van der Waals surface area (Å²) < 4.78 is 5.44. The van der Waals surface area contributed by atoms with E-state index in [9.17, 15) is 0 Å². The molecule has 0 amide bonds. The second-order valence-electron chi connectivity index (χ2n) is 3.22. The molecule has 1 aromatic heterocycles. The number of ether oxygens (including phenoxy) is 1. The number of nitrogens with zero attached hydrogens (tertiary/aromatic N) is 2. The summed E-state index contributed by atoms with van der Waals surface area (Å²) >= 11 is 0. The van der Waals surface area contributed by atoms with Crippen LogP contribution in [-0.2, 0) is 0 Å². The fraction of sp³-hybridized carbons (Fsp3) is 0.500. The predicted molar refractivity (Wildman–Crippen MR) is 41.2 cm³/mol. The molecule has 0 fully saturated rings. The van der Waals surface area contributed by atoms with Gasteiger partial charge in [-0.15, -0.1) is 5.10 Å². The molecule has 0 aliphatic carbocycles. The van der Waals surface area contributed by atoms with Crippen LogP contribution in [0.25, 0.3) is 0 Å². The highest BCUT2D eigenvalue weighted by Gasteiger charge is 2.11. The quantitative estimate of drug-likeness (QED) is 0.609. The molecule has 0 bridgehead atoms. The van der Waals surface area contributed by atoms with Gasteiger partial charge in [-0.2, -0.15) is 5.10 Å². The summed E-state index contributed by atoms with van der Waals surface area (Å²) in [5.74, 6) is 0.632. The van der Waals surface area contributed by atoms with Crippen LogP contribution >= 0.6 is 0 Å². The third kappa shape index (κ3) is 2.98. The Bertz CT molecular complexity index is 215. The van der Waals surface area contributed by atoms with Crippen molar-refractivity contribution in [3.63, 3.8) is 0 Å². The third-order valence-corrected chi connectivity index (χ3v) is 0.927. The van der Waals surface area contributed by atoms with Crippen molar-refractivity contribution < 1.29 is 4.74 Å². The standard InChI is InChI=1S/C8H11N2O/c1-8(2,3)11-7-4-5-9-10-6-7/h4-5H,1-3H3. The Kier molecular flexibility index (Phi) is 2.08. The second kappa shape index (κ2) is 2.86. The van der Waals surface area contributed by atoms with Crippen molar-refractivity contribution >= 4 is 0 Å². The van der Waals surface area contributed by atoms with E-state index in [1.54, 1.807) is 12.3 Å². The first kappa shape index (κ1) is 7.98. The summed E-state index contributed by atoms with van der Waals surface area (Å²) in [4.78, 5) is 0. The molecule has 0 spiro atoms. The largest absolute Gasteiger partial charge is 0.486 e. The van der Waals surface area contributed by atoms with Gasteiger partial charge >= 0.3 is 0 Å². The van der Waals surface area contributed by atoms with Gasteiger partial charge in [0.15, 0.2) is 11.9 Å². The minimum absolute atomic E-state index is 0.195. The topological polar surface area (TPSA) is 35.0 Å². The van der Waals surface area contributed by atoms with Crippen molar-refractivity contribution in [3.8, 4) is 5.75 Å². The first-order chi connectivity index (χ1) is 5.08. The third-order valence-electron chi connectivity index (χ3n) is 0.927. The minimum Gasteiger partial charge on any atom is -0.486 e. The van der Waals surface area contributed by atoms with Crippen LogP contribution in [0.3, 0.4) is 0 Å². The van der Waals surface area contributed by atoms with Crippen LogP contribution in [-0.4, -0.2) is 15.8 Å². The van der Waals surface area contributed by atoms with Gasteiger partial charge in [-0.3, -0.25) is 0 Å². The Morgan fingerprint density at radius 2 is 2.18 bits per heavy atom. The van der Waals surface area contributed by atoms with Crippen molar-refractivity contribution in [2.45, 2.75) is 26.4 Å². The Balaban J connectivity index is 2.66. The van der Waals surface area contributed by atoms with Crippen LogP contribution in [0.4, 0.5) is 0 Å². The molecule has 3 heteroatoms. The van der Waals surface area contributed by atoms with E-state index < -0.39 is 0 Å². The van der Waals surface area contributed by atoms with Crippen LogP contribution in [0.2, 0.25) is 0 Å². The summed E-state index contributed by atoms with van der Waals surface area (Å²) in [5.41, 5.74) is -0.195. The average Bonchev–Trinajstić information content (AvgIpc) is 1.85. The highest BCUT2D eigenvalue weighted by atomic mass is 16.5. The molecule has 0 saturated carbocycles.